The van der Waals surface area contributed by atoms with Crippen LogP contribution in [-0.2, 0) is 0 Å². The molecule has 0 aliphatic carbocycles. The first-order valence-corrected chi connectivity index (χ1v) is 11.9. The first-order valence-electron chi connectivity index (χ1n) is 11.9. The first kappa shape index (κ1) is 22.9. The number of rotatable bonds is 5. The molecule has 9 nitrogen and oxygen atoms in total. The van der Waals surface area contributed by atoms with Gasteiger partial charge in [0.1, 0.15) is 24.3 Å². The number of para-hydroxylation sites is 1. The highest BCUT2D eigenvalue weighted by Crippen LogP contribution is 2.29. The molecule has 0 fully saturated rings. The predicted octanol–water partition coefficient (Wildman–Crippen LogP) is 4.83. The van der Waals surface area contributed by atoms with Crippen LogP contribution >= 0.6 is 0 Å². The van der Waals surface area contributed by atoms with Crippen LogP contribution in [0.15, 0.2) is 96.6 Å². The second kappa shape index (κ2) is 9.52. The van der Waals surface area contributed by atoms with E-state index in [2.05, 4.69) is 31.3 Å². The summed E-state index contributed by atoms with van der Waals surface area (Å²) in [7, 11) is 0. The quantitative estimate of drug-likeness (QED) is 0.360. The summed E-state index contributed by atoms with van der Waals surface area (Å²) in [4.78, 5) is 36.2. The van der Waals surface area contributed by atoms with Crippen LogP contribution in [-0.4, -0.2) is 29.5 Å². The van der Waals surface area contributed by atoms with Gasteiger partial charge in [0.05, 0.1) is 39.8 Å². The van der Waals surface area contributed by atoms with Crippen LogP contribution in [0.5, 0.6) is 0 Å². The standard InChI is InChI=1S/C29H20N8O/c1-18(35-27-23-12-19(13-30)10-11-24(23)33-17-34-27)28-36-25-9-5-8-22(20-14-31-16-32-15-20)26(25)29(38)37(28)21-6-3-2-4-7-21/h2-12,14-18H,1H3,(H,33,34,35). The Labute approximate surface area is 217 Å². The zero-order chi connectivity index (χ0) is 26.1. The van der Waals surface area contributed by atoms with E-state index in [1.165, 1.54) is 12.7 Å². The molecule has 1 unspecified atom stereocenters. The molecule has 182 valence electrons. The molecule has 0 saturated heterocycles. The Bertz CT molecular complexity index is 1900. The van der Waals surface area contributed by atoms with Gasteiger partial charge in [-0.2, -0.15) is 5.26 Å². The normalized spacial score (nSPS) is 11.8. The molecule has 1 atom stereocenters. The summed E-state index contributed by atoms with van der Waals surface area (Å²) in [6.07, 6.45) is 6.29. The minimum Gasteiger partial charge on any atom is -0.360 e. The van der Waals surface area contributed by atoms with Crippen molar-refractivity contribution in [3.8, 4) is 22.9 Å². The lowest BCUT2D eigenvalue weighted by Gasteiger charge is -2.21. The van der Waals surface area contributed by atoms with Gasteiger partial charge in [0.25, 0.3) is 5.56 Å². The van der Waals surface area contributed by atoms with Crippen molar-refractivity contribution < 1.29 is 0 Å². The van der Waals surface area contributed by atoms with Crippen molar-refractivity contribution in [3.63, 3.8) is 0 Å². The lowest BCUT2D eigenvalue weighted by Crippen LogP contribution is -2.27. The highest BCUT2D eigenvalue weighted by atomic mass is 16.1. The lowest BCUT2D eigenvalue weighted by molar-refractivity contribution is 0.732. The molecule has 6 rings (SSSR count). The van der Waals surface area contributed by atoms with E-state index in [4.69, 9.17) is 4.98 Å². The minimum atomic E-state index is -0.431. The third-order valence-electron chi connectivity index (χ3n) is 6.31. The average molecular weight is 497 g/mol. The van der Waals surface area contributed by atoms with Crippen LogP contribution in [0.4, 0.5) is 5.82 Å². The maximum Gasteiger partial charge on any atom is 0.266 e. The van der Waals surface area contributed by atoms with Crippen LogP contribution in [0.3, 0.4) is 0 Å². The Morgan fingerprint density at radius 1 is 0.921 bits per heavy atom. The lowest BCUT2D eigenvalue weighted by atomic mass is 10.0. The Morgan fingerprint density at radius 3 is 2.53 bits per heavy atom. The van der Waals surface area contributed by atoms with E-state index in [0.29, 0.717) is 50.3 Å². The van der Waals surface area contributed by atoms with Gasteiger partial charge in [-0.15, -0.1) is 0 Å². The summed E-state index contributed by atoms with van der Waals surface area (Å²) < 4.78 is 1.62. The summed E-state index contributed by atoms with van der Waals surface area (Å²) in [6, 6.07) is 22.0. The molecular formula is C29H20N8O. The number of aromatic nitrogens is 6. The van der Waals surface area contributed by atoms with Crippen LogP contribution < -0.4 is 10.9 Å². The fourth-order valence-corrected chi connectivity index (χ4v) is 4.55. The van der Waals surface area contributed by atoms with Crippen LogP contribution in [0.2, 0.25) is 0 Å². The number of nitriles is 1. The monoisotopic (exact) mass is 496 g/mol. The van der Waals surface area contributed by atoms with Gasteiger partial charge in [0.2, 0.25) is 0 Å². The number of fused-ring (bicyclic) bond motifs is 2. The molecule has 0 radical (unpaired) electrons. The topological polar surface area (TPSA) is 122 Å². The smallest absolute Gasteiger partial charge is 0.266 e. The summed E-state index contributed by atoms with van der Waals surface area (Å²) in [5, 5.41) is 14.0. The maximum atomic E-state index is 14.2. The fraction of sp³-hybridized carbons (Fsp3) is 0.0690. The van der Waals surface area contributed by atoms with E-state index in [1.807, 2.05) is 55.5 Å². The van der Waals surface area contributed by atoms with Gasteiger partial charge in [-0.3, -0.25) is 9.36 Å². The Morgan fingerprint density at radius 2 is 1.74 bits per heavy atom. The zero-order valence-electron chi connectivity index (χ0n) is 20.3. The van der Waals surface area contributed by atoms with Gasteiger partial charge in [-0.05, 0) is 48.9 Å². The molecule has 3 aromatic carbocycles. The van der Waals surface area contributed by atoms with Crippen molar-refractivity contribution in [2.24, 2.45) is 0 Å². The molecule has 0 saturated carbocycles. The third kappa shape index (κ3) is 4.00. The van der Waals surface area contributed by atoms with Crippen LogP contribution in [0.1, 0.15) is 24.4 Å². The maximum absolute atomic E-state index is 14.2. The molecule has 0 spiro atoms. The molecular weight excluding hydrogens is 476 g/mol. The Hall–Kier alpha value is -5.49. The summed E-state index contributed by atoms with van der Waals surface area (Å²) in [6.45, 7) is 1.92. The van der Waals surface area contributed by atoms with Gasteiger partial charge in [-0.1, -0.05) is 30.3 Å². The number of anilines is 1. The van der Waals surface area contributed by atoms with Gasteiger partial charge in [0.15, 0.2) is 0 Å². The molecule has 9 heteroatoms. The molecule has 38 heavy (non-hydrogen) atoms. The predicted molar refractivity (Wildman–Crippen MR) is 145 cm³/mol. The number of nitrogens with one attached hydrogen (secondary N) is 1. The van der Waals surface area contributed by atoms with E-state index in [0.717, 1.165) is 5.56 Å². The van der Waals surface area contributed by atoms with E-state index < -0.39 is 6.04 Å². The second-order valence-electron chi connectivity index (χ2n) is 8.70. The van der Waals surface area contributed by atoms with E-state index in [1.54, 1.807) is 35.2 Å². The number of nitrogens with zero attached hydrogens (tertiary/aromatic N) is 7. The van der Waals surface area contributed by atoms with Crippen molar-refractivity contribution in [2.45, 2.75) is 13.0 Å². The van der Waals surface area contributed by atoms with Crippen molar-refractivity contribution >= 4 is 27.6 Å². The van der Waals surface area contributed by atoms with Gasteiger partial charge >= 0.3 is 0 Å². The summed E-state index contributed by atoms with van der Waals surface area (Å²) >= 11 is 0. The molecule has 0 bridgehead atoms. The van der Waals surface area contributed by atoms with Crippen molar-refractivity contribution in [2.75, 3.05) is 5.32 Å². The molecule has 1 N–H and O–H groups in total. The molecule has 3 aromatic heterocycles. The van der Waals surface area contributed by atoms with Crippen molar-refractivity contribution in [1.82, 2.24) is 29.5 Å². The minimum absolute atomic E-state index is 0.205. The SMILES string of the molecule is CC(Nc1ncnc2ccc(C#N)cc12)c1nc2cccc(-c3cncnc3)c2c(=O)n1-c1ccccc1. The number of benzene rings is 3. The Balaban J connectivity index is 1.56. The Kier molecular flexibility index (Phi) is 5.75. The number of hydrogen-bond acceptors (Lipinski definition) is 8. The van der Waals surface area contributed by atoms with Crippen LogP contribution in [0.25, 0.3) is 38.6 Å². The van der Waals surface area contributed by atoms with E-state index >= 15 is 0 Å². The van der Waals surface area contributed by atoms with Crippen molar-refractivity contribution in [3.05, 3.63) is 114 Å². The molecule has 6 aromatic rings. The summed E-state index contributed by atoms with van der Waals surface area (Å²) in [5.41, 5.74) is 3.70. The molecule has 0 aliphatic heterocycles. The van der Waals surface area contributed by atoms with Gasteiger partial charge < -0.3 is 5.32 Å². The highest BCUT2D eigenvalue weighted by Gasteiger charge is 2.21. The van der Waals surface area contributed by atoms with Crippen molar-refractivity contribution in [1.29, 1.82) is 5.26 Å². The fourth-order valence-electron chi connectivity index (χ4n) is 4.55. The molecule has 0 aliphatic rings. The zero-order valence-corrected chi connectivity index (χ0v) is 20.3. The highest BCUT2D eigenvalue weighted by molar-refractivity contribution is 5.94. The second-order valence-corrected chi connectivity index (χ2v) is 8.70. The number of hydrogen-bond donors (Lipinski definition) is 1. The average Bonchev–Trinajstić information content (AvgIpc) is 2.97. The molecule has 3 heterocycles. The third-order valence-corrected chi connectivity index (χ3v) is 6.31. The van der Waals surface area contributed by atoms with Gasteiger partial charge in [0, 0.05) is 23.3 Å². The van der Waals surface area contributed by atoms with E-state index in [9.17, 15) is 10.1 Å². The van der Waals surface area contributed by atoms with E-state index in [-0.39, 0.29) is 5.56 Å². The summed E-state index contributed by atoms with van der Waals surface area (Å²) in [5.74, 6) is 1.06. The van der Waals surface area contributed by atoms with Gasteiger partial charge in [-0.25, -0.2) is 24.9 Å². The van der Waals surface area contributed by atoms with Crippen LogP contribution in [0, 0.1) is 11.3 Å². The largest absolute Gasteiger partial charge is 0.360 e. The first-order chi connectivity index (χ1) is 18.6. The molecule has 0 amide bonds.